The summed E-state index contributed by atoms with van der Waals surface area (Å²) in [5, 5.41) is 4.00. The molecule has 0 spiro atoms. The highest BCUT2D eigenvalue weighted by Gasteiger charge is 2.30. The molecule has 1 aliphatic rings. The minimum absolute atomic E-state index is 0.0407. The van der Waals surface area contributed by atoms with E-state index in [0.29, 0.717) is 6.54 Å². The Morgan fingerprint density at radius 3 is 2.85 bits per heavy atom. The fourth-order valence-electron chi connectivity index (χ4n) is 2.57. The minimum atomic E-state index is -0.0407. The van der Waals surface area contributed by atoms with E-state index in [0.717, 1.165) is 30.0 Å². The van der Waals surface area contributed by atoms with E-state index in [1.165, 1.54) is 0 Å². The SMILES string of the molecule is CC(C)(C)NCC(=O)N1CCCC1c1cccc(Cl)c1. The van der Waals surface area contributed by atoms with Gasteiger partial charge in [0.25, 0.3) is 0 Å². The van der Waals surface area contributed by atoms with E-state index in [9.17, 15) is 4.79 Å². The molecule has 2 rings (SSSR count). The summed E-state index contributed by atoms with van der Waals surface area (Å²) in [6.45, 7) is 7.43. The van der Waals surface area contributed by atoms with Crippen molar-refractivity contribution in [1.82, 2.24) is 10.2 Å². The van der Waals surface area contributed by atoms with Crippen LogP contribution in [0.25, 0.3) is 0 Å². The first-order chi connectivity index (χ1) is 9.37. The molecule has 3 nitrogen and oxygen atoms in total. The predicted molar refractivity (Wildman–Crippen MR) is 82.9 cm³/mol. The molecule has 0 aromatic heterocycles. The second-order valence-electron chi connectivity index (χ2n) is 6.40. The number of hydrogen-bond donors (Lipinski definition) is 1. The minimum Gasteiger partial charge on any atom is -0.335 e. The van der Waals surface area contributed by atoms with Crippen molar-refractivity contribution in [3.05, 3.63) is 34.9 Å². The van der Waals surface area contributed by atoms with Crippen LogP contribution in [0, 0.1) is 0 Å². The molecule has 1 fully saturated rings. The highest BCUT2D eigenvalue weighted by molar-refractivity contribution is 6.30. The van der Waals surface area contributed by atoms with Gasteiger partial charge in [-0.1, -0.05) is 23.7 Å². The molecule has 1 saturated heterocycles. The van der Waals surface area contributed by atoms with Gasteiger partial charge in [0.2, 0.25) is 5.91 Å². The Morgan fingerprint density at radius 1 is 1.45 bits per heavy atom. The zero-order chi connectivity index (χ0) is 14.8. The molecule has 1 amide bonds. The van der Waals surface area contributed by atoms with E-state index in [4.69, 9.17) is 11.6 Å². The van der Waals surface area contributed by atoms with Crippen LogP contribution >= 0.6 is 11.6 Å². The van der Waals surface area contributed by atoms with Crippen LogP contribution in [0.5, 0.6) is 0 Å². The number of hydrogen-bond acceptors (Lipinski definition) is 2. The molecule has 0 saturated carbocycles. The van der Waals surface area contributed by atoms with Gasteiger partial charge in [-0.05, 0) is 51.3 Å². The Morgan fingerprint density at radius 2 is 2.20 bits per heavy atom. The Bertz CT molecular complexity index is 482. The fourth-order valence-corrected chi connectivity index (χ4v) is 2.77. The van der Waals surface area contributed by atoms with Gasteiger partial charge in [0.15, 0.2) is 0 Å². The summed E-state index contributed by atoms with van der Waals surface area (Å²) in [6.07, 6.45) is 2.07. The number of benzene rings is 1. The second kappa shape index (κ2) is 6.15. The summed E-state index contributed by atoms with van der Waals surface area (Å²) in [5.74, 6) is 0.169. The van der Waals surface area contributed by atoms with Crippen molar-refractivity contribution in [3.8, 4) is 0 Å². The number of nitrogens with zero attached hydrogens (tertiary/aromatic N) is 1. The molecule has 0 aliphatic carbocycles. The first-order valence-electron chi connectivity index (χ1n) is 7.17. The quantitative estimate of drug-likeness (QED) is 0.927. The van der Waals surface area contributed by atoms with Crippen LogP contribution in [-0.2, 0) is 4.79 Å². The molecule has 1 atom stereocenters. The summed E-state index contributed by atoms with van der Waals surface area (Å²) in [6, 6.07) is 8.01. The lowest BCUT2D eigenvalue weighted by molar-refractivity contribution is -0.131. The number of carbonyl (C=O) groups excluding carboxylic acids is 1. The van der Waals surface area contributed by atoms with Crippen LogP contribution in [0.1, 0.15) is 45.2 Å². The van der Waals surface area contributed by atoms with Crippen molar-refractivity contribution in [2.24, 2.45) is 0 Å². The van der Waals surface area contributed by atoms with Gasteiger partial charge in [-0.15, -0.1) is 0 Å². The topological polar surface area (TPSA) is 32.3 Å². The largest absolute Gasteiger partial charge is 0.335 e. The highest BCUT2D eigenvalue weighted by Crippen LogP contribution is 2.32. The van der Waals surface area contributed by atoms with E-state index in [2.05, 4.69) is 32.2 Å². The van der Waals surface area contributed by atoms with Gasteiger partial charge in [0, 0.05) is 17.1 Å². The number of nitrogens with one attached hydrogen (secondary N) is 1. The van der Waals surface area contributed by atoms with Crippen LogP contribution in [-0.4, -0.2) is 29.4 Å². The molecule has 1 aliphatic heterocycles. The number of likely N-dealkylation sites (tertiary alicyclic amines) is 1. The molecule has 110 valence electrons. The van der Waals surface area contributed by atoms with Crippen LogP contribution in [0.4, 0.5) is 0 Å². The van der Waals surface area contributed by atoms with Gasteiger partial charge in [0.1, 0.15) is 0 Å². The summed E-state index contributed by atoms with van der Waals surface area (Å²) < 4.78 is 0. The maximum absolute atomic E-state index is 12.4. The van der Waals surface area contributed by atoms with Crippen molar-refractivity contribution < 1.29 is 4.79 Å². The summed E-state index contributed by atoms with van der Waals surface area (Å²) in [5.41, 5.74) is 1.10. The Labute approximate surface area is 126 Å². The normalized spacial score (nSPS) is 19.4. The molecule has 1 N–H and O–H groups in total. The van der Waals surface area contributed by atoms with Crippen LogP contribution in [0.3, 0.4) is 0 Å². The number of amides is 1. The van der Waals surface area contributed by atoms with Gasteiger partial charge < -0.3 is 10.2 Å². The maximum Gasteiger partial charge on any atom is 0.237 e. The Balaban J connectivity index is 2.05. The molecule has 1 aromatic carbocycles. The third kappa shape index (κ3) is 3.97. The maximum atomic E-state index is 12.4. The molecule has 0 bridgehead atoms. The average Bonchev–Trinajstić information content (AvgIpc) is 2.84. The first kappa shape index (κ1) is 15.3. The third-order valence-corrected chi connectivity index (χ3v) is 3.81. The fraction of sp³-hybridized carbons (Fsp3) is 0.562. The lowest BCUT2D eigenvalue weighted by Crippen LogP contribution is -2.44. The number of carbonyl (C=O) groups is 1. The van der Waals surface area contributed by atoms with Gasteiger partial charge in [0.05, 0.1) is 12.6 Å². The van der Waals surface area contributed by atoms with Gasteiger partial charge >= 0.3 is 0 Å². The lowest BCUT2D eigenvalue weighted by atomic mass is 10.0. The van der Waals surface area contributed by atoms with E-state index >= 15 is 0 Å². The smallest absolute Gasteiger partial charge is 0.237 e. The predicted octanol–water partition coefficient (Wildman–Crippen LogP) is 3.39. The Kier molecular flexibility index (Phi) is 4.71. The second-order valence-corrected chi connectivity index (χ2v) is 6.84. The zero-order valence-corrected chi connectivity index (χ0v) is 13.2. The van der Waals surface area contributed by atoms with Gasteiger partial charge in [-0.2, -0.15) is 0 Å². The van der Waals surface area contributed by atoms with Crippen molar-refractivity contribution in [2.45, 2.75) is 45.2 Å². The van der Waals surface area contributed by atoms with E-state index in [1.54, 1.807) is 0 Å². The number of halogens is 1. The van der Waals surface area contributed by atoms with E-state index < -0.39 is 0 Å². The van der Waals surface area contributed by atoms with Crippen molar-refractivity contribution in [1.29, 1.82) is 0 Å². The van der Waals surface area contributed by atoms with Crippen LogP contribution in [0.2, 0.25) is 5.02 Å². The standard InChI is InChI=1S/C16H23ClN2O/c1-16(2,3)18-11-15(20)19-9-5-8-14(19)12-6-4-7-13(17)10-12/h4,6-7,10,14,18H,5,8-9,11H2,1-3H3. The molecular weight excluding hydrogens is 272 g/mol. The zero-order valence-electron chi connectivity index (χ0n) is 12.4. The number of rotatable bonds is 3. The summed E-state index contributed by atoms with van der Waals surface area (Å²) >= 11 is 6.06. The first-order valence-corrected chi connectivity index (χ1v) is 7.54. The highest BCUT2D eigenvalue weighted by atomic mass is 35.5. The molecule has 20 heavy (non-hydrogen) atoms. The molecule has 1 unspecified atom stereocenters. The van der Waals surface area contributed by atoms with Crippen molar-refractivity contribution in [3.63, 3.8) is 0 Å². The van der Waals surface area contributed by atoms with Gasteiger partial charge in [-0.3, -0.25) is 4.79 Å². The summed E-state index contributed by atoms with van der Waals surface area (Å²) in [7, 11) is 0. The molecule has 0 radical (unpaired) electrons. The third-order valence-electron chi connectivity index (χ3n) is 3.58. The average molecular weight is 295 g/mol. The van der Waals surface area contributed by atoms with Crippen molar-refractivity contribution in [2.75, 3.05) is 13.1 Å². The van der Waals surface area contributed by atoms with E-state index in [-0.39, 0.29) is 17.5 Å². The van der Waals surface area contributed by atoms with Crippen LogP contribution in [0.15, 0.2) is 24.3 Å². The molecule has 4 heteroatoms. The lowest BCUT2D eigenvalue weighted by Gasteiger charge is -2.28. The molecule has 1 aromatic rings. The van der Waals surface area contributed by atoms with Gasteiger partial charge in [-0.25, -0.2) is 0 Å². The summed E-state index contributed by atoms with van der Waals surface area (Å²) in [4.78, 5) is 14.4. The molecule has 1 heterocycles. The Hall–Kier alpha value is -1.06. The van der Waals surface area contributed by atoms with Crippen molar-refractivity contribution >= 4 is 17.5 Å². The molecular formula is C16H23ClN2O. The van der Waals surface area contributed by atoms with Crippen LogP contribution < -0.4 is 5.32 Å². The van der Waals surface area contributed by atoms with E-state index in [1.807, 2.05) is 23.1 Å². The monoisotopic (exact) mass is 294 g/mol.